The van der Waals surface area contributed by atoms with Crippen molar-refractivity contribution in [3.8, 4) is 11.1 Å². The van der Waals surface area contributed by atoms with Crippen molar-refractivity contribution >= 4 is 18.0 Å². The third kappa shape index (κ3) is 5.19. The van der Waals surface area contributed by atoms with Crippen LogP contribution in [0.15, 0.2) is 48.5 Å². The molecule has 186 valence electrons. The summed E-state index contributed by atoms with van der Waals surface area (Å²) in [5.41, 5.74) is 4.01. The zero-order chi connectivity index (χ0) is 25.3. The van der Waals surface area contributed by atoms with Crippen LogP contribution in [0.1, 0.15) is 51.2 Å². The molecule has 2 aliphatic rings. The zero-order valence-electron chi connectivity index (χ0n) is 20.8. The SMILES string of the molecule is CC1CN(C(=O)[C@H](NC(=O)OCC2c3ccccc3-c3ccccc32)C(C)(C)C)CC1CC(=O)O. The van der Waals surface area contributed by atoms with Gasteiger partial charge in [0.1, 0.15) is 12.6 Å². The van der Waals surface area contributed by atoms with Crippen molar-refractivity contribution in [2.24, 2.45) is 17.3 Å². The Hall–Kier alpha value is -3.35. The van der Waals surface area contributed by atoms with E-state index >= 15 is 0 Å². The molecule has 7 heteroatoms. The van der Waals surface area contributed by atoms with E-state index in [1.807, 2.05) is 52.0 Å². The van der Waals surface area contributed by atoms with Crippen molar-refractivity contribution in [2.75, 3.05) is 19.7 Å². The highest BCUT2D eigenvalue weighted by Crippen LogP contribution is 2.44. The second-order valence-corrected chi connectivity index (χ2v) is 10.8. The molecule has 0 aromatic heterocycles. The van der Waals surface area contributed by atoms with Crippen molar-refractivity contribution < 1.29 is 24.2 Å². The van der Waals surface area contributed by atoms with E-state index < -0.39 is 23.5 Å². The molecule has 1 aliphatic heterocycles. The monoisotopic (exact) mass is 478 g/mol. The maximum Gasteiger partial charge on any atom is 0.407 e. The minimum Gasteiger partial charge on any atom is -0.481 e. The Morgan fingerprint density at radius 2 is 1.60 bits per heavy atom. The van der Waals surface area contributed by atoms with Gasteiger partial charge in [0, 0.05) is 19.0 Å². The molecule has 0 bridgehead atoms. The molecule has 35 heavy (non-hydrogen) atoms. The van der Waals surface area contributed by atoms with Crippen molar-refractivity contribution in [3.63, 3.8) is 0 Å². The molecular weight excluding hydrogens is 444 g/mol. The van der Waals surface area contributed by atoms with Crippen molar-refractivity contribution in [2.45, 2.75) is 46.1 Å². The third-order valence-corrected chi connectivity index (χ3v) is 7.24. The summed E-state index contributed by atoms with van der Waals surface area (Å²) in [5, 5.41) is 12.0. The summed E-state index contributed by atoms with van der Waals surface area (Å²) < 4.78 is 5.67. The maximum atomic E-state index is 13.4. The van der Waals surface area contributed by atoms with Gasteiger partial charge in [-0.15, -0.1) is 0 Å². The number of nitrogens with one attached hydrogen (secondary N) is 1. The number of amides is 2. The van der Waals surface area contributed by atoms with Gasteiger partial charge in [-0.3, -0.25) is 9.59 Å². The molecular formula is C28H34N2O5. The van der Waals surface area contributed by atoms with Gasteiger partial charge in [-0.25, -0.2) is 4.79 Å². The van der Waals surface area contributed by atoms with Crippen molar-refractivity contribution in [1.82, 2.24) is 10.2 Å². The van der Waals surface area contributed by atoms with Gasteiger partial charge in [-0.05, 0) is 39.5 Å². The second-order valence-electron chi connectivity index (χ2n) is 10.8. The number of carbonyl (C=O) groups is 3. The predicted octanol–water partition coefficient (Wildman–Crippen LogP) is 4.51. The van der Waals surface area contributed by atoms with E-state index in [0.717, 1.165) is 22.3 Å². The van der Waals surface area contributed by atoms with Crippen LogP contribution in [0.4, 0.5) is 4.79 Å². The van der Waals surface area contributed by atoms with Crippen LogP contribution >= 0.6 is 0 Å². The van der Waals surface area contributed by atoms with E-state index in [4.69, 9.17) is 9.84 Å². The molecule has 0 radical (unpaired) electrons. The molecule has 4 rings (SSSR count). The highest BCUT2D eigenvalue weighted by Gasteiger charge is 2.41. The van der Waals surface area contributed by atoms with Crippen molar-refractivity contribution in [1.29, 1.82) is 0 Å². The molecule has 2 N–H and O–H groups in total. The summed E-state index contributed by atoms with van der Waals surface area (Å²) in [5.74, 6) is -1.13. The number of carboxylic acids is 1. The summed E-state index contributed by atoms with van der Waals surface area (Å²) in [7, 11) is 0. The fourth-order valence-corrected chi connectivity index (χ4v) is 5.29. The number of carbonyl (C=O) groups excluding carboxylic acids is 2. The molecule has 2 unspecified atom stereocenters. The lowest BCUT2D eigenvalue weighted by molar-refractivity contribution is -0.139. The summed E-state index contributed by atoms with van der Waals surface area (Å²) in [6, 6.07) is 15.5. The van der Waals surface area contributed by atoms with Gasteiger partial charge in [0.2, 0.25) is 5.91 Å². The number of benzene rings is 2. The number of fused-ring (bicyclic) bond motifs is 3. The van der Waals surface area contributed by atoms with Gasteiger partial charge in [-0.1, -0.05) is 76.2 Å². The number of carboxylic acid groups (broad SMARTS) is 1. The number of hydrogen-bond acceptors (Lipinski definition) is 4. The highest BCUT2D eigenvalue weighted by atomic mass is 16.5. The Balaban J connectivity index is 1.43. The molecule has 0 saturated carbocycles. The predicted molar refractivity (Wildman–Crippen MR) is 133 cm³/mol. The van der Waals surface area contributed by atoms with Gasteiger partial charge in [-0.2, -0.15) is 0 Å². The lowest BCUT2D eigenvalue weighted by Gasteiger charge is -2.33. The van der Waals surface area contributed by atoms with Crippen LogP contribution in [-0.2, 0) is 14.3 Å². The summed E-state index contributed by atoms with van der Waals surface area (Å²) >= 11 is 0. The number of alkyl carbamates (subject to hydrolysis) is 1. The lowest BCUT2D eigenvalue weighted by atomic mass is 9.86. The Labute approximate surface area is 206 Å². The second kappa shape index (κ2) is 9.72. The fourth-order valence-electron chi connectivity index (χ4n) is 5.29. The number of rotatable bonds is 6. The van der Waals surface area contributed by atoms with Crippen LogP contribution < -0.4 is 5.32 Å². The van der Waals surface area contributed by atoms with Crippen LogP contribution in [0, 0.1) is 17.3 Å². The van der Waals surface area contributed by atoms with Crippen LogP contribution in [0.3, 0.4) is 0 Å². The molecule has 1 heterocycles. The molecule has 1 fully saturated rings. The largest absolute Gasteiger partial charge is 0.481 e. The summed E-state index contributed by atoms with van der Waals surface area (Å²) in [6.45, 7) is 8.69. The first kappa shape index (κ1) is 24.8. The van der Waals surface area contributed by atoms with Gasteiger partial charge < -0.3 is 20.1 Å². The molecule has 2 aromatic carbocycles. The van der Waals surface area contributed by atoms with Gasteiger partial charge >= 0.3 is 12.1 Å². The topological polar surface area (TPSA) is 95.9 Å². The molecule has 2 amide bonds. The number of ether oxygens (including phenoxy) is 1. The minimum atomic E-state index is -0.861. The molecule has 3 atom stereocenters. The summed E-state index contributed by atoms with van der Waals surface area (Å²) in [4.78, 5) is 39.1. The van der Waals surface area contributed by atoms with Crippen LogP contribution in [0.5, 0.6) is 0 Å². The molecule has 7 nitrogen and oxygen atoms in total. The zero-order valence-corrected chi connectivity index (χ0v) is 20.8. The number of likely N-dealkylation sites (tertiary alicyclic amines) is 1. The summed E-state index contributed by atoms with van der Waals surface area (Å²) in [6.07, 6.45) is -0.597. The van der Waals surface area contributed by atoms with E-state index in [-0.39, 0.29) is 36.7 Å². The van der Waals surface area contributed by atoms with E-state index in [2.05, 4.69) is 29.6 Å². The first-order valence-corrected chi connectivity index (χ1v) is 12.2. The van der Waals surface area contributed by atoms with E-state index in [9.17, 15) is 14.4 Å². The van der Waals surface area contributed by atoms with Gasteiger partial charge in [0.25, 0.3) is 0 Å². The molecule has 1 aliphatic carbocycles. The van der Waals surface area contributed by atoms with Crippen LogP contribution in [0.2, 0.25) is 0 Å². The van der Waals surface area contributed by atoms with Crippen LogP contribution in [0.25, 0.3) is 11.1 Å². The third-order valence-electron chi connectivity index (χ3n) is 7.24. The van der Waals surface area contributed by atoms with Gasteiger partial charge in [0.15, 0.2) is 0 Å². The fraction of sp³-hybridized carbons (Fsp3) is 0.464. The highest BCUT2D eigenvalue weighted by molar-refractivity contribution is 5.87. The van der Waals surface area contributed by atoms with E-state index in [0.29, 0.717) is 13.1 Å². The smallest absolute Gasteiger partial charge is 0.407 e. The standard InChI is InChI=1S/C28H34N2O5/c1-17-14-30(15-18(17)13-24(31)32)26(33)25(28(2,3)4)29-27(34)35-16-23-21-11-7-5-9-19(21)20-10-6-8-12-22(20)23/h5-12,17-18,23,25H,13-16H2,1-4H3,(H,29,34)(H,31,32)/t17?,18?,25-/m0/s1. The first-order valence-electron chi connectivity index (χ1n) is 12.2. The Morgan fingerprint density at radius 3 is 2.14 bits per heavy atom. The number of aliphatic carboxylic acids is 1. The quantitative estimate of drug-likeness (QED) is 0.637. The number of nitrogens with zero attached hydrogens (tertiary/aromatic N) is 1. The average molecular weight is 479 g/mol. The Kier molecular flexibility index (Phi) is 6.88. The van der Waals surface area contributed by atoms with E-state index in [1.54, 1.807) is 4.90 Å². The lowest BCUT2D eigenvalue weighted by Crippen LogP contribution is -2.54. The molecule has 1 saturated heterocycles. The Bertz CT molecular complexity index is 1080. The Morgan fingerprint density at radius 1 is 1.03 bits per heavy atom. The average Bonchev–Trinajstić information content (AvgIpc) is 3.32. The first-order chi connectivity index (χ1) is 16.6. The number of hydrogen-bond donors (Lipinski definition) is 2. The van der Waals surface area contributed by atoms with Crippen molar-refractivity contribution in [3.05, 3.63) is 59.7 Å². The van der Waals surface area contributed by atoms with Gasteiger partial charge in [0.05, 0.1) is 6.42 Å². The van der Waals surface area contributed by atoms with Crippen LogP contribution in [-0.4, -0.2) is 53.7 Å². The minimum absolute atomic E-state index is 0.0327. The normalized spacial score (nSPS) is 20.2. The van der Waals surface area contributed by atoms with E-state index in [1.165, 1.54) is 0 Å². The molecule has 0 spiro atoms. The maximum absolute atomic E-state index is 13.4. The molecule has 2 aromatic rings.